The van der Waals surface area contributed by atoms with Crippen LogP contribution in [0.5, 0.6) is 0 Å². The van der Waals surface area contributed by atoms with Crippen LogP contribution in [0.3, 0.4) is 0 Å². The highest BCUT2D eigenvalue weighted by Crippen LogP contribution is 2.32. The van der Waals surface area contributed by atoms with Crippen molar-refractivity contribution >= 4 is 29.4 Å². The first kappa shape index (κ1) is 24.0. The third kappa shape index (κ3) is 5.28. The standard InChI is InChI=1S/C26H32ClN5O3/c1-31(20-5-3-2-4-6-20)23(33)16-32-15-18-8-7-17(13-21(18)25(32)34)24-22(27)14-28-26(30-24)29-19-9-11-35-12-10-19/h7-8,13-14,19-20H,2-6,9-12,15-16H2,1H3,(H,28,29,30). The number of benzene rings is 1. The van der Waals surface area contributed by atoms with E-state index < -0.39 is 0 Å². The molecule has 186 valence electrons. The summed E-state index contributed by atoms with van der Waals surface area (Å²) in [7, 11) is 1.87. The maximum absolute atomic E-state index is 13.2. The molecule has 1 saturated heterocycles. The van der Waals surface area contributed by atoms with Crippen LogP contribution < -0.4 is 5.32 Å². The van der Waals surface area contributed by atoms with Gasteiger partial charge in [0.25, 0.3) is 5.91 Å². The van der Waals surface area contributed by atoms with Crippen molar-refractivity contribution in [1.82, 2.24) is 19.8 Å². The molecule has 35 heavy (non-hydrogen) atoms. The van der Waals surface area contributed by atoms with Gasteiger partial charge in [-0.1, -0.05) is 43.0 Å². The fraction of sp³-hybridized carbons (Fsp3) is 0.538. The molecular weight excluding hydrogens is 466 g/mol. The fourth-order valence-corrected chi connectivity index (χ4v) is 5.45. The van der Waals surface area contributed by atoms with Crippen LogP contribution in [0.4, 0.5) is 5.95 Å². The Morgan fingerprint density at radius 1 is 1.20 bits per heavy atom. The van der Waals surface area contributed by atoms with Gasteiger partial charge in [-0.25, -0.2) is 9.97 Å². The number of halogens is 1. The number of carbonyl (C=O) groups is 2. The van der Waals surface area contributed by atoms with Crippen molar-refractivity contribution < 1.29 is 14.3 Å². The van der Waals surface area contributed by atoms with E-state index in [1.807, 2.05) is 30.1 Å². The maximum Gasteiger partial charge on any atom is 0.254 e. The Labute approximate surface area is 211 Å². The first-order valence-electron chi connectivity index (χ1n) is 12.5. The smallest absolute Gasteiger partial charge is 0.254 e. The lowest BCUT2D eigenvalue weighted by Gasteiger charge is -2.32. The van der Waals surface area contributed by atoms with Crippen LogP contribution in [0.2, 0.25) is 5.02 Å². The van der Waals surface area contributed by atoms with Gasteiger partial charge in [0.05, 0.1) is 16.9 Å². The van der Waals surface area contributed by atoms with E-state index in [1.54, 1.807) is 11.1 Å². The summed E-state index contributed by atoms with van der Waals surface area (Å²) >= 11 is 6.45. The van der Waals surface area contributed by atoms with Crippen molar-refractivity contribution in [2.45, 2.75) is 63.6 Å². The van der Waals surface area contributed by atoms with Gasteiger partial charge in [-0.2, -0.15) is 0 Å². The quantitative estimate of drug-likeness (QED) is 0.645. The molecule has 0 radical (unpaired) electrons. The first-order valence-corrected chi connectivity index (χ1v) is 12.9. The Morgan fingerprint density at radius 2 is 1.97 bits per heavy atom. The molecular formula is C26H32ClN5O3. The van der Waals surface area contributed by atoms with Crippen LogP contribution in [0.25, 0.3) is 11.3 Å². The zero-order valence-corrected chi connectivity index (χ0v) is 20.9. The monoisotopic (exact) mass is 497 g/mol. The molecule has 5 rings (SSSR count). The summed E-state index contributed by atoms with van der Waals surface area (Å²) in [5.74, 6) is 0.389. The Hall–Kier alpha value is -2.71. The van der Waals surface area contributed by atoms with Gasteiger partial charge in [-0.3, -0.25) is 9.59 Å². The molecule has 0 atom stereocenters. The molecule has 1 saturated carbocycles. The van der Waals surface area contributed by atoms with Crippen molar-refractivity contribution in [1.29, 1.82) is 0 Å². The van der Waals surface area contributed by atoms with E-state index >= 15 is 0 Å². The average Bonchev–Trinajstić information content (AvgIpc) is 3.20. The van der Waals surface area contributed by atoms with Gasteiger partial charge in [-0.05, 0) is 37.3 Å². The maximum atomic E-state index is 13.2. The second kappa shape index (κ2) is 10.5. The summed E-state index contributed by atoms with van der Waals surface area (Å²) in [6, 6.07) is 6.24. The number of rotatable bonds is 6. The molecule has 3 heterocycles. The lowest BCUT2D eigenvalue weighted by molar-refractivity contribution is -0.133. The number of nitrogens with one attached hydrogen (secondary N) is 1. The Balaban J connectivity index is 1.29. The number of nitrogens with zero attached hydrogens (tertiary/aromatic N) is 4. The summed E-state index contributed by atoms with van der Waals surface area (Å²) in [5.41, 5.74) is 2.85. The van der Waals surface area contributed by atoms with Crippen molar-refractivity contribution in [2.24, 2.45) is 0 Å². The molecule has 3 aliphatic rings. The van der Waals surface area contributed by atoms with E-state index in [2.05, 4.69) is 15.3 Å². The van der Waals surface area contributed by atoms with Crippen molar-refractivity contribution in [3.63, 3.8) is 0 Å². The van der Waals surface area contributed by atoms with E-state index in [-0.39, 0.29) is 30.4 Å². The van der Waals surface area contributed by atoms with Crippen LogP contribution in [-0.4, -0.2) is 70.5 Å². The highest BCUT2D eigenvalue weighted by atomic mass is 35.5. The molecule has 8 nitrogen and oxygen atoms in total. The molecule has 2 aliphatic heterocycles. The van der Waals surface area contributed by atoms with Gasteiger partial charge < -0.3 is 19.9 Å². The van der Waals surface area contributed by atoms with Crippen LogP contribution in [-0.2, 0) is 16.1 Å². The lowest BCUT2D eigenvalue weighted by atomic mass is 9.94. The Kier molecular flexibility index (Phi) is 7.20. The molecule has 1 aliphatic carbocycles. The van der Waals surface area contributed by atoms with Crippen molar-refractivity contribution in [2.75, 3.05) is 32.1 Å². The molecule has 0 spiro atoms. The number of hydrogen-bond donors (Lipinski definition) is 1. The van der Waals surface area contributed by atoms with E-state index in [4.69, 9.17) is 16.3 Å². The first-order chi connectivity index (χ1) is 17.0. The van der Waals surface area contributed by atoms with Gasteiger partial charge in [0.2, 0.25) is 11.9 Å². The number of likely N-dealkylation sites (N-methyl/N-ethyl adjacent to an activating group) is 1. The lowest BCUT2D eigenvalue weighted by Crippen LogP contribution is -2.44. The molecule has 2 aromatic rings. The average molecular weight is 498 g/mol. The minimum Gasteiger partial charge on any atom is -0.381 e. The second-order valence-electron chi connectivity index (χ2n) is 9.75. The van der Waals surface area contributed by atoms with Crippen LogP contribution in [0, 0.1) is 0 Å². The molecule has 2 amide bonds. The Morgan fingerprint density at radius 3 is 2.74 bits per heavy atom. The third-order valence-electron chi connectivity index (χ3n) is 7.40. The highest BCUT2D eigenvalue weighted by Gasteiger charge is 2.31. The zero-order chi connectivity index (χ0) is 24.4. The SMILES string of the molecule is CN(C(=O)CN1Cc2ccc(-c3nc(NC4CCOCC4)ncc3Cl)cc2C1=O)C1CCCCC1. The predicted octanol–water partition coefficient (Wildman–Crippen LogP) is 4.13. The zero-order valence-electron chi connectivity index (χ0n) is 20.1. The van der Waals surface area contributed by atoms with E-state index in [0.717, 1.165) is 62.9 Å². The van der Waals surface area contributed by atoms with Crippen LogP contribution in [0.1, 0.15) is 60.9 Å². The highest BCUT2D eigenvalue weighted by molar-refractivity contribution is 6.33. The van der Waals surface area contributed by atoms with Crippen LogP contribution in [0.15, 0.2) is 24.4 Å². The molecule has 1 aromatic heterocycles. The van der Waals surface area contributed by atoms with Crippen LogP contribution >= 0.6 is 11.6 Å². The predicted molar refractivity (Wildman–Crippen MR) is 134 cm³/mol. The molecule has 9 heteroatoms. The van der Waals surface area contributed by atoms with Crippen molar-refractivity contribution in [3.8, 4) is 11.3 Å². The van der Waals surface area contributed by atoms with Gasteiger partial charge in [0.1, 0.15) is 6.54 Å². The fourth-order valence-electron chi connectivity index (χ4n) is 5.25. The largest absolute Gasteiger partial charge is 0.381 e. The Bertz CT molecular complexity index is 1100. The van der Waals surface area contributed by atoms with E-state index in [9.17, 15) is 9.59 Å². The molecule has 0 bridgehead atoms. The summed E-state index contributed by atoms with van der Waals surface area (Å²) in [4.78, 5) is 38.6. The minimum atomic E-state index is -0.127. The number of amides is 2. The van der Waals surface area contributed by atoms with E-state index in [0.29, 0.717) is 28.8 Å². The summed E-state index contributed by atoms with van der Waals surface area (Å²) in [6.45, 7) is 1.98. The molecule has 2 fully saturated rings. The number of hydrogen-bond acceptors (Lipinski definition) is 6. The molecule has 1 aromatic carbocycles. The molecule has 0 unspecified atom stereocenters. The van der Waals surface area contributed by atoms with Crippen molar-refractivity contribution in [3.05, 3.63) is 40.5 Å². The normalized spacial score (nSPS) is 19.0. The molecule has 1 N–H and O–H groups in total. The van der Waals surface area contributed by atoms with Gasteiger partial charge in [0, 0.05) is 50.0 Å². The number of carbonyl (C=O) groups excluding carboxylic acids is 2. The van der Waals surface area contributed by atoms with Gasteiger partial charge in [-0.15, -0.1) is 0 Å². The number of fused-ring (bicyclic) bond motifs is 1. The minimum absolute atomic E-state index is 0.000883. The summed E-state index contributed by atoms with van der Waals surface area (Å²) < 4.78 is 5.42. The second-order valence-corrected chi connectivity index (χ2v) is 10.2. The topological polar surface area (TPSA) is 87.7 Å². The summed E-state index contributed by atoms with van der Waals surface area (Å²) in [5, 5.41) is 3.79. The summed E-state index contributed by atoms with van der Waals surface area (Å²) in [6.07, 6.45) is 9.05. The number of anilines is 1. The third-order valence-corrected chi connectivity index (χ3v) is 7.68. The number of aromatic nitrogens is 2. The number of ether oxygens (including phenoxy) is 1. The van der Waals surface area contributed by atoms with Gasteiger partial charge >= 0.3 is 0 Å². The van der Waals surface area contributed by atoms with E-state index in [1.165, 1.54) is 6.42 Å². The van der Waals surface area contributed by atoms with Gasteiger partial charge in [0.15, 0.2) is 0 Å².